The van der Waals surface area contributed by atoms with Gasteiger partial charge in [0.1, 0.15) is 5.82 Å². The molecule has 0 aliphatic rings. The molecule has 0 radical (unpaired) electrons. The molecule has 1 atom stereocenters. The molecule has 0 fully saturated rings. The number of hydrogen-bond donors (Lipinski definition) is 2. The molecule has 1 heterocycles. The van der Waals surface area contributed by atoms with Crippen molar-refractivity contribution in [2.45, 2.75) is 33.2 Å². The summed E-state index contributed by atoms with van der Waals surface area (Å²) in [4.78, 5) is 23.2. The van der Waals surface area contributed by atoms with E-state index in [2.05, 4.69) is 22.7 Å². The Hall–Kier alpha value is -2.63. The lowest BCUT2D eigenvalue weighted by Crippen LogP contribution is -2.17. The predicted octanol–water partition coefficient (Wildman–Crippen LogP) is 3.06. The van der Waals surface area contributed by atoms with Gasteiger partial charge < -0.3 is 10.6 Å². The summed E-state index contributed by atoms with van der Waals surface area (Å²) in [5.74, 6) is 0.319. The van der Waals surface area contributed by atoms with Gasteiger partial charge in [0.2, 0.25) is 5.91 Å². The Balaban J connectivity index is 2.09. The van der Waals surface area contributed by atoms with Crippen LogP contribution in [0.3, 0.4) is 0 Å². The van der Waals surface area contributed by atoms with Crippen molar-refractivity contribution in [2.24, 2.45) is 0 Å². The van der Waals surface area contributed by atoms with Crippen LogP contribution >= 0.6 is 0 Å². The third kappa shape index (κ3) is 3.72. The number of nitrogens with one attached hydrogen (secondary N) is 2. The highest BCUT2D eigenvalue weighted by Gasteiger charge is 2.12. The third-order valence-electron chi connectivity index (χ3n) is 3.39. The highest BCUT2D eigenvalue weighted by Crippen LogP contribution is 2.17. The Morgan fingerprint density at radius 3 is 2.45 bits per heavy atom. The van der Waals surface area contributed by atoms with E-state index in [0.29, 0.717) is 17.1 Å². The zero-order chi connectivity index (χ0) is 16.1. The number of anilines is 2. The van der Waals surface area contributed by atoms with Crippen LogP contribution in [-0.4, -0.2) is 21.6 Å². The Morgan fingerprint density at radius 1 is 1.18 bits per heavy atom. The fourth-order valence-corrected chi connectivity index (χ4v) is 2.03. The summed E-state index contributed by atoms with van der Waals surface area (Å²) in [6.07, 6.45) is 2.59. The van der Waals surface area contributed by atoms with Crippen LogP contribution in [0.5, 0.6) is 0 Å². The number of carbonyl (C=O) groups is 2. The highest BCUT2D eigenvalue weighted by atomic mass is 16.2. The molecule has 6 heteroatoms. The van der Waals surface area contributed by atoms with Gasteiger partial charge in [-0.1, -0.05) is 6.92 Å². The molecule has 0 aliphatic heterocycles. The second kappa shape index (κ2) is 6.89. The van der Waals surface area contributed by atoms with Gasteiger partial charge in [0.15, 0.2) is 0 Å². The minimum atomic E-state index is -0.209. The van der Waals surface area contributed by atoms with Crippen LogP contribution in [0, 0.1) is 0 Å². The van der Waals surface area contributed by atoms with Crippen molar-refractivity contribution < 1.29 is 9.59 Å². The topological polar surface area (TPSA) is 76.0 Å². The first-order valence-corrected chi connectivity index (χ1v) is 7.23. The molecular formula is C16H20N4O2. The van der Waals surface area contributed by atoms with Gasteiger partial charge in [-0.2, -0.15) is 5.10 Å². The van der Waals surface area contributed by atoms with Gasteiger partial charge in [-0.05, 0) is 37.6 Å². The van der Waals surface area contributed by atoms with Crippen molar-refractivity contribution in [1.29, 1.82) is 0 Å². The first kappa shape index (κ1) is 15.8. The second-order valence-electron chi connectivity index (χ2n) is 5.13. The third-order valence-corrected chi connectivity index (χ3v) is 3.39. The van der Waals surface area contributed by atoms with Gasteiger partial charge >= 0.3 is 0 Å². The molecule has 2 aromatic rings. The summed E-state index contributed by atoms with van der Waals surface area (Å²) in [6.45, 7) is 5.56. The second-order valence-corrected chi connectivity index (χ2v) is 5.13. The molecule has 1 unspecified atom stereocenters. The Morgan fingerprint density at radius 2 is 1.86 bits per heavy atom. The first-order valence-electron chi connectivity index (χ1n) is 7.23. The summed E-state index contributed by atoms with van der Waals surface area (Å²) in [5.41, 5.74) is 1.18. The highest BCUT2D eigenvalue weighted by molar-refractivity contribution is 6.04. The molecule has 0 bridgehead atoms. The summed E-state index contributed by atoms with van der Waals surface area (Å²) in [6, 6.07) is 8.72. The van der Waals surface area contributed by atoms with Crippen molar-refractivity contribution in [1.82, 2.24) is 9.78 Å². The number of amides is 2. The predicted molar refractivity (Wildman–Crippen MR) is 85.9 cm³/mol. The Labute approximate surface area is 129 Å². The Kier molecular flexibility index (Phi) is 4.93. The maximum atomic E-state index is 12.3. The van der Waals surface area contributed by atoms with Crippen LogP contribution in [0.1, 0.15) is 43.6 Å². The Bertz CT molecular complexity index is 661. The largest absolute Gasteiger partial charge is 0.326 e. The fourth-order valence-electron chi connectivity index (χ4n) is 2.03. The minimum absolute atomic E-state index is 0.144. The summed E-state index contributed by atoms with van der Waals surface area (Å²) in [5, 5.41) is 9.75. The zero-order valence-electron chi connectivity index (χ0n) is 13.0. The molecule has 0 saturated carbocycles. The van der Waals surface area contributed by atoms with E-state index in [1.165, 1.54) is 6.92 Å². The lowest BCUT2D eigenvalue weighted by molar-refractivity contribution is -0.114. The quantitative estimate of drug-likeness (QED) is 0.891. The number of aromatic nitrogens is 2. The average Bonchev–Trinajstić information content (AvgIpc) is 2.94. The molecule has 0 saturated heterocycles. The molecule has 2 rings (SSSR count). The van der Waals surface area contributed by atoms with E-state index >= 15 is 0 Å². The molecule has 0 aliphatic carbocycles. The van der Waals surface area contributed by atoms with E-state index in [4.69, 9.17) is 0 Å². The number of carbonyl (C=O) groups excluding carboxylic acids is 2. The molecule has 116 valence electrons. The molecule has 22 heavy (non-hydrogen) atoms. The maximum Gasteiger partial charge on any atom is 0.256 e. The van der Waals surface area contributed by atoms with E-state index in [-0.39, 0.29) is 17.9 Å². The first-order chi connectivity index (χ1) is 10.5. The average molecular weight is 300 g/mol. The van der Waals surface area contributed by atoms with Crippen LogP contribution in [0.15, 0.2) is 36.5 Å². The van der Waals surface area contributed by atoms with Gasteiger partial charge in [0, 0.05) is 24.2 Å². The van der Waals surface area contributed by atoms with E-state index in [1.807, 2.05) is 6.92 Å². The summed E-state index contributed by atoms with van der Waals surface area (Å²) < 4.78 is 1.80. The molecule has 0 spiro atoms. The molecular weight excluding hydrogens is 280 g/mol. The van der Waals surface area contributed by atoms with E-state index in [9.17, 15) is 9.59 Å². The lowest BCUT2D eigenvalue weighted by atomic mass is 10.2. The zero-order valence-corrected chi connectivity index (χ0v) is 13.0. The standard InChI is InChI=1S/C16H20N4O2/c1-4-11(2)20-15(9-10-17-20)19-16(22)13-5-7-14(8-6-13)18-12(3)21/h5-11H,4H2,1-3H3,(H,18,21)(H,19,22). The van der Waals surface area contributed by atoms with Crippen molar-refractivity contribution in [3.05, 3.63) is 42.1 Å². The number of rotatable bonds is 5. The van der Waals surface area contributed by atoms with Gasteiger partial charge in [0.25, 0.3) is 5.91 Å². The smallest absolute Gasteiger partial charge is 0.256 e. The normalized spacial score (nSPS) is 11.8. The minimum Gasteiger partial charge on any atom is -0.326 e. The monoisotopic (exact) mass is 300 g/mol. The van der Waals surface area contributed by atoms with Crippen LogP contribution < -0.4 is 10.6 Å². The maximum absolute atomic E-state index is 12.3. The van der Waals surface area contributed by atoms with E-state index in [0.717, 1.165) is 6.42 Å². The van der Waals surface area contributed by atoms with Crippen LogP contribution in [0.25, 0.3) is 0 Å². The lowest BCUT2D eigenvalue weighted by Gasteiger charge is -2.14. The molecule has 2 N–H and O–H groups in total. The number of benzene rings is 1. The summed E-state index contributed by atoms with van der Waals surface area (Å²) >= 11 is 0. The van der Waals surface area contributed by atoms with Gasteiger partial charge in [-0.25, -0.2) is 4.68 Å². The van der Waals surface area contributed by atoms with Crippen LogP contribution in [0.2, 0.25) is 0 Å². The van der Waals surface area contributed by atoms with E-state index < -0.39 is 0 Å². The van der Waals surface area contributed by atoms with Crippen LogP contribution in [0.4, 0.5) is 11.5 Å². The molecule has 1 aromatic heterocycles. The fraction of sp³-hybridized carbons (Fsp3) is 0.312. The SMILES string of the molecule is CCC(C)n1nccc1NC(=O)c1ccc(NC(C)=O)cc1. The van der Waals surface area contributed by atoms with Crippen molar-refractivity contribution in [3.8, 4) is 0 Å². The van der Waals surface area contributed by atoms with E-state index in [1.54, 1.807) is 41.2 Å². The molecule has 2 amide bonds. The molecule has 6 nitrogen and oxygen atoms in total. The van der Waals surface area contributed by atoms with Gasteiger partial charge in [0.05, 0.1) is 12.2 Å². The van der Waals surface area contributed by atoms with Crippen LogP contribution in [-0.2, 0) is 4.79 Å². The number of nitrogens with zero attached hydrogens (tertiary/aromatic N) is 2. The van der Waals surface area contributed by atoms with Gasteiger partial charge in [-0.3, -0.25) is 9.59 Å². The summed E-state index contributed by atoms with van der Waals surface area (Å²) in [7, 11) is 0. The van der Waals surface area contributed by atoms with Gasteiger partial charge in [-0.15, -0.1) is 0 Å². The van der Waals surface area contributed by atoms with Crippen molar-refractivity contribution in [2.75, 3.05) is 10.6 Å². The van der Waals surface area contributed by atoms with Crippen molar-refractivity contribution >= 4 is 23.3 Å². The van der Waals surface area contributed by atoms with Crippen molar-refractivity contribution in [3.63, 3.8) is 0 Å². The molecule has 1 aromatic carbocycles. The number of hydrogen-bond acceptors (Lipinski definition) is 3.